The van der Waals surface area contributed by atoms with Gasteiger partial charge in [0.1, 0.15) is 5.75 Å². The monoisotopic (exact) mass is 256 g/mol. The molecule has 1 amide bonds. The number of aryl methyl sites for hydroxylation is 1. The van der Waals surface area contributed by atoms with Gasteiger partial charge in [-0.05, 0) is 42.9 Å². The van der Waals surface area contributed by atoms with Crippen LogP contribution < -0.4 is 10.5 Å². The highest BCUT2D eigenvalue weighted by Crippen LogP contribution is 2.38. The standard InChI is InChI=1S/C15H16N2O2/c1-9(15(17)18)13-11(8-16)7-10-5-3-4-6-12(10)14(13)19-2/h7H,1,3-6H2,2H3,(H2,17,18). The molecule has 1 aliphatic rings. The summed E-state index contributed by atoms with van der Waals surface area (Å²) in [5, 5.41) is 9.27. The smallest absolute Gasteiger partial charge is 0.248 e. The van der Waals surface area contributed by atoms with Gasteiger partial charge in [-0.2, -0.15) is 5.26 Å². The minimum atomic E-state index is -0.634. The van der Waals surface area contributed by atoms with Crippen LogP contribution in [0.15, 0.2) is 12.6 Å². The third-order valence-electron chi connectivity index (χ3n) is 3.52. The molecule has 0 spiro atoms. The fraction of sp³-hybridized carbons (Fsp3) is 0.333. The first-order valence-electron chi connectivity index (χ1n) is 6.22. The first-order valence-corrected chi connectivity index (χ1v) is 6.22. The average Bonchev–Trinajstić information content (AvgIpc) is 2.44. The van der Waals surface area contributed by atoms with E-state index in [0.29, 0.717) is 16.9 Å². The zero-order chi connectivity index (χ0) is 14.0. The van der Waals surface area contributed by atoms with E-state index in [2.05, 4.69) is 12.6 Å². The number of nitriles is 1. The minimum Gasteiger partial charge on any atom is -0.496 e. The Hall–Kier alpha value is -2.28. The fourth-order valence-corrected chi connectivity index (χ4v) is 2.60. The lowest BCUT2D eigenvalue weighted by molar-refractivity contribution is -0.112. The van der Waals surface area contributed by atoms with E-state index in [1.54, 1.807) is 7.11 Å². The van der Waals surface area contributed by atoms with Gasteiger partial charge in [-0.25, -0.2) is 0 Å². The second kappa shape index (κ2) is 5.15. The van der Waals surface area contributed by atoms with Crippen molar-refractivity contribution in [1.82, 2.24) is 0 Å². The van der Waals surface area contributed by atoms with Crippen LogP contribution in [-0.2, 0) is 17.6 Å². The molecule has 19 heavy (non-hydrogen) atoms. The molecule has 2 N–H and O–H groups in total. The first-order chi connectivity index (χ1) is 9.10. The van der Waals surface area contributed by atoms with E-state index in [0.717, 1.165) is 36.8 Å². The number of ether oxygens (including phenoxy) is 1. The van der Waals surface area contributed by atoms with Gasteiger partial charge in [-0.3, -0.25) is 4.79 Å². The maximum atomic E-state index is 11.4. The largest absolute Gasteiger partial charge is 0.496 e. The maximum absolute atomic E-state index is 11.4. The van der Waals surface area contributed by atoms with Crippen LogP contribution in [0.5, 0.6) is 5.75 Å². The number of benzene rings is 1. The Labute approximate surface area is 112 Å². The number of primary amides is 1. The van der Waals surface area contributed by atoms with Gasteiger partial charge in [0, 0.05) is 11.1 Å². The normalized spacial score (nSPS) is 13.3. The zero-order valence-corrected chi connectivity index (χ0v) is 11.0. The van der Waals surface area contributed by atoms with Crippen LogP contribution in [0.25, 0.3) is 5.57 Å². The summed E-state index contributed by atoms with van der Waals surface area (Å²) in [6.45, 7) is 3.68. The number of fused-ring (bicyclic) bond motifs is 1. The average molecular weight is 256 g/mol. The second-order valence-corrected chi connectivity index (χ2v) is 4.63. The van der Waals surface area contributed by atoms with E-state index in [1.807, 2.05) is 6.07 Å². The van der Waals surface area contributed by atoms with Crippen molar-refractivity contribution in [3.05, 3.63) is 34.9 Å². The van der Waals surface area contributed by atoms with E-state index >= 15 is 0 Å². The Morgan fingerprint density at radius 2 is 2.16 bits per heavy atom. The van der Waals surface area contributed by atoms with Gasteiger partial charge in [0.15, 0.2) is 0 Å². The summed E-state index contributed by atoms with van der Waals surface area (Å²) in [6.07, 6.45) is 4.02. The highest BCUT2D eigenvalue weighted by atomic mass is 16.5. The molecule has 0 radical (unpaired) electrons. The molecule has 0 saturated heterocycles. The van der Waals surface area contributed by atoms with Crippen LogP contribution in [-0.4, -0.2) is 13.0 Å². The SMILES string of the molecule is C=C(C(N)=O)c1c(C#N)cc2c(c1OC)CCCC2. The molecule has 0 saturated carbocycles. The number of carbonyl (C=O) groups is 1. The molecule has 0 aliphatic heterocycles. The minimum absolute atomic E-state index is 0.127. The molecule has 1 aromatic rings. The van der Waals surface area contributed by atoms with Crippen LogP contribution in [0.2, 0.25) is 0 Å². The quantitative estimate of drug-likeness (QED) is 0.840. The summed E-state index contributed by atoms with van der Waals surface area (Å²) in [6, 6.07) is 3.94. The first kappa shape index (κ1) is 13.2. The summed E-state index contributed by atoms with van der Waals surface area (Å²) in [5.74, 6) is -0.0527. The van der Waals surface area contributed by atoms with Crippen molar-refractivity contribution >= 4 is 11.5 Å². The molecule has 0 aromatic heterocycles. The summed E-state index contributed by atoms with van der Waals surface area (Å²) in [7, 11) is 1.54. The molecule has 98 valence electrons. The number of amides is 1. The van der Waals surface area contributed by atoms with Crippen LogP contribution in [0.3, 0.4) is 0 Å². The fourth-order valence-electron chi connectivity index (χ4n) is 2.60. The van der Waals surface area contributed by atoms with Crippen molar-refractivity contribution in [2.75, 3.05) is 7.11 Å². The second-order valence-electron chi connectivity index (χ2n) is 4.63. The molecule has 0 atom stereocenters. The molecule has 0 fully saturated rings. The molecule has 1 aliphatic carbocycles. The molecular weight excluding hydrogens is 240 g/mol. The third-order valence-corrected chi connectivity index (χ3v) is 3.52. The van der Waals surface area contributed by atoms with Gasteiger partial charge in [0.2, 0.25) is 5.91 Å². The Morgan fingerprint density at radius 1 is 1.47 bits per heavy atom. The molecule has 0 unspecified atom stereocenters. The number of carbonyl (C=O) groups excluding carboxylic acids is 1. The van der Waals surface area contributed by atoms with Gasteiger partial charge in [0.05, 0.1) is 18.7 Å². The Morgan fingerprint density at radius 3 is 2.74 bits per heavy atom. The summed E-state index contributed by atoms with van der Waals surface area (Å²) in [5.41, 5.74) is 8.46. The van der Waals surface area contributed by atoms with Crippen LogP contribution in [0, 0.1) is 11.3 Å². The molecule has 0 bridgehead atoms. The van der Waals surface area contributed by atoms with Crippen LogP contribution in [0.4, 0.5) is 0 Å². The predicted octanol–water partition coefficient (Wildman–Crippen LogP) is 1.94. The van der Waals surface area contributed by atoms with Crippen LogP contribution >= 0.6 is 0 Å². The highest BCUT2D eigenvalue weighted by molar-refractivity contribution is 6.19. The van der Waals surface area contributed by atoms with Gasteiger partial charge < -0.3 is 10.5 Å². The summed E-state index contributed by atoms with van der Waals surface area (Å²) in [4.78, 5) is 11.4. The van der Waals surface area contributed by atoms with Gasteiger partial charge in [-0.15, -0.1) is 0 Å². The van der Waals surface area contributed by atoms with Gasteiger partial charge >= 0.3 is 0 Å². The number of hydrogen-bond donors (Lipinski definition) is 1. The number of hydrogen-bond acceptors (Lipinski definition) is 3. The Bertz CT molecular complexity index is 597. The number of methoxy groups -OCH3 is 1. The van der Waals surface area contributed by atoms with Crippen molar-refractivity contribution in [2.45, 2.75) is 25.7 Å². The van der Waals surface area contributed by atoms with Crippen molar-refractivity contribution < 1.29 is 9.53 Å². The topological polar surface area (TPSA) is 76.1 Å². The number of nitrogens with two attached hydrogens (primary N) is 1. The molecule has 0 heterocycles. The molecule has 4 heteroatoms. The number of nitrogens with zero attached hydrogens (tertiary/aromatic N) is 1. The van der Waals surface area contributed by atoms with E-state index in [4.69, 9.17) is 10.5 Å². The maximum Gasteiger partial charge on any atom is 0.248 e. The molecule has 2 rings (SSSR count). The Kier molecular flexibility index (Phi) is 3.57. The van der Waals surface area contributed by atoms with E-state index in [1.165, 1.54) is 0 Å². The molecule has 1 aromatic carbocycles. The Balaban J connectivity index is 2.73. The van der Waals surface area contributed by atoms with Crippen molar-refractivity contribution in [1.29, 1.82) is 5.26 Å². The van der Waals surface area contributed by atoms with Crippen molar-refractivity contribution in [3.63, 3.8) is 0 Å². The van der Waals surface area contributed by atoms with Crippen LogP contribution in [0.1, 0.15) is 35.1 Å². The summed E-state index contributed by atoms with van der Waals surface area (Å²) < 4.78 is 5.44. The molecule has 4 nitrogen and oxygen atoms in total. The van der Waals surface area contributed by atoms with E-state index in [9.17, 15) is 10.1 Å². The predicted molar refractivity (Wildman–Crippen MR) is 72.6 cm³/mol. The lowest BCUT2D eigenvalue weighted by Gasteiger charge is -2.22. The van der Waals surface area contributed by atoms with Gasteiger partial charge in [0.25, 0.3) is 0 Å². The third kappa shape index (κ3) is 2.19. The lowest BCUT2D eigenvalue weighted by atomic mass is 9.85. The summed E-state index contributed by atoms with van der Waals surface area (Å²) >= 11 is 0. The lowest BCUT2D eigenvalue weighted by Crippen LogP contribution is -2.16. The van der Waals surface area contributed by atoms with Crippen molar-refractivity contribution in [2.24, 2.45) is 5.73 Å². The molecular formula is C15H16N2O2. The number of rotatable bonds is 3. The highest BCUT2D eigenvalue weighted by Gasteiger charge is 2.24. The zero-order valence-electron chi connectivity index (χ0n) is 11.0. The van der Waals surface area contributed by atoms with Crippen molar-refractivity contribution in [3.8, 4) is 11.8 Å². The van der Waals surface area contributed by atoms with Gasteiger partial charge in [-0.1, -0.05) is 6.58 Å². The van der Waals surface area contributed by atoms with E-state index < -0.39 is 5.91 Å². The van der Waals surface area contributed by atoms with E-state index in [-0.39, 0.29) is 5.57 Å².